The first-order valence-electron chi connectivity index (χ1n) is 10.4. The first kappa shape index (κ1) is 28.1. The Balaban J connectivity index is 1.96. The van der Waals surface area contributed by atoms with Crippen molar-refractivity contribution >= 4 is 21.8 Å². The fourth-order valence-electron chi connectivity index (χ4n) is 2.97. The summed E-state index contributed by atoms with van der Waals surface area (Å²) in [7, 11) is -4.06. The zero-order valence-corrected chi connectivity index (χ0v) is 19.8. The number of carbonyl (C=O) groups is 2. The Morgan fingerprint density at radius 2 is 1.74 bits per heavy atom. The molecule has 0 aliphatic rings. The lowest BCUT2D eigenvalue weighted by Gasteiger charge is -2.23. The Kier molecular flexibility index (Phi) is 9.63. The Bertz CT molecular complexity index is 1120. The molecule has 0 aliphatic heterocycles. The molecule has 0 bridgehead atoms. The molecule has 0 radical (unpaired) electrons. The summed E-state index contributed by atoms with van der Waals surface area (Å²) in [5.41, 5.74) is 0.853. The van der Waals surface area contributed by atoms with Crippen LogP contribution >= 0.6 is 0 Å². The predicted octanol–water partition coefficient (Wildman–Crippen LogP) is 2.55. The molecule has 0 heterocycles. The number of nitrogens with one attached hydrogen (secondary N) is 2. The van der Waals surface area contributed by atoms with E-state index in [4.69, 9.17) is 9.94 Å². The van der Waals surface area contributed by atoms with Crippen LogP contribution in [0.25, 0.3) is 0 Å². The second-order valence-electron chi connectivity index (χ2n) is 7.96. The van der Waals surface area contributed by atoms with Crippen molar-refractivity contribution in [1.82, 2.24) is 15.1 Å². The van der Waals surface area contributed by atoms with E-state index in [9.17, 15) is 31.2 Å². The van der Waals surface area contributed by atoms with Crippen LogP contribution in [0.5, 0.6) is 5.75 Å². The highest BCUT2D eigenvalue weighted by Crippen LogP contribution is 2.29. The lowest BCUT2D eigenvalue weighted by Crippen LogP contribution is -2.41. The van der Waals surface area contributed by atoms with Gasteiger partial charge in [0, 0.05) is 13.1 Å². The number of sulfonamides is 1. The van der Waals surface area contributed by atoms with Gasteiger partial charge in [-0.1, -0.05) is 26.0 Å². The third-order valence-electron chi connectivity index (χ3n) is 4.59. The molecule has 2 rings (SSSR count). The van der Waals surface area contributed by atoms with Crippen LogP contribution in [0, 0.1) is 5.92 Å². The normalized spacial score (nSPS) is 12.0. The van der Waals surface area contributed by atoms with E-state index < -0.39 is 46.7 Å². The summed E-state index contributed by atoms with van der Waals surface area (Å²) in [6.07, 6.45) is -4.49. The number of hydrogen-bond donors (Lipinski definition) is 3. The van der Waals surface area contributed by atoms with Gasteiger partial charge in [0.25, 0.3) is 11.8 Å². The summed E-state index contributed by atoms with van der Waals surface area (Å²) in [6, 6.07) is 9.70. The van der Waals surface area contributed by atoms with Crippen LogP contribution in [0.2, 0.25) is 0 Å². The molecule has 35 heavy (non-hydrogen) atoms. The molecule has 13 heteroatoms. The molecule has 0 saturated heterocycles. The third-order valence-corrected chi connectivity index (χ3v) is 6.41. The SMILES string of the molecule is CC(C)CN(CC(=O)NO)S(=O)(=O)c1ccc(OCC(=O)NCc2cccc(C(F)(F)F)c2)cc1. The summed E-state index contributed by atoms with van der Waals surface area (Å²) >= 11 is 0. The van der Waals surface area contributed by atoms with Gasteiger partial charge < -0.3 is 10.1 Å². The summed E-state index contributed by atoms with van der Waals surface area (Å²) in [5, 5.41) is 11.2. The standard InChI is InChI=1S/C22H26F3N3O6S/c1-15(2)12-28(13-20(29)27-31)35(32,33)19-8-6-18(7-9-19)34-14-21(30)26-11-16-4-3-5-17(10-16)22(23,24)25/h3-10,15,31H,11-14H2,1-2H3,(H,26,30)(H,27,29). The molecule has 0 unspecified atom stereocenters. The first-order chi connectivity index (χ1) is 16.3. The van der Waals surface area contributed by atoms with Crippen molar-refractivity contribution in [1.29, 1.82) is 0 Å². The largest absolute Gasteiger partial charge is 0.484 e. The van der Waals surface area contributed by atoms with Gasteiger partial charge in [-0.15, -0.1) is 0 Å². The highest BCUT2D eigenvalue weighted by atomic mass is 32.2. The van der Waals surface area contributed by atoms with Gasteiger partial charge in [-0.3, -0.25) is 14.8 Å². The van der Waals surface area contributed by atoms with Crippen molar-refractivity contribution < 1.29 is 41.1 Å². The van der Waals surface area contributed by atoms with Crippen molar-refractivity contribution in [3.05, 3.63) is 59.7 Å². The topological polar surface area (TPSA) is 125 Å². The number of carbonyl (C=O) groups excluding carboxylic acids is 2. The number of rotatable bonds is 11. The van der Waals surface area contributed by atoms with E-state index >= 15 is 0 Å². The number of alkyl halides is 3. The molecule has 0 saturated carbocycles. The molecule has 2 aromatic carbocycles. The van der Waals surface area contributed by atoms with E-state index in [-0.39, 0.29) is 35.2 Å². The molecule has 0 aliphatic carbocycles. The third kappa shape index (κ3) is 8.53. The van der Waals surface area contributed by atoms with Gasteiger partial charge in [-0.2, -0.15) is 17.5 Å². The highest BCUT2D eigenvalue weighted by Gasteiger charge is 2.30. The fourth-order valence-corrected chi connectivity index (χ4v) is 4.53. The van der Waals surface area contributed by atoms with Crippen molar-refractivity contribution in [2.75, 3.05) is 19.7 Å². The van der Waals surface area contributed by atoms with Gasteiger partial charge in [0.2, 0.25) is 10.0 Å². The minimum atomic E-state index is -4.49. The molecule has 2 amide bonds. The quantitative estimate of drug-likeness (QED) is 0.311. The number of benzene rings is 2. The van der Waals surface area contributed by atoms with E-state index in [1.807, 2.05) is 0 Å². The number of halogens is 3. The van der Waals surface area contributed by atoms with Gasteiger partial charge in [-0.05, 0) is 47.9 Å². The molecule has 9 nitrogen and oxygen atoms in total. The zero-order valence-electron chi connectivity index (χ0n) is 19.0. The minimum absolute atomic E-state index is 0.0417. The van der Waals surface area contributed by atoms with E-state index in [2.05, 4.69) is 5.32 Å². The summed E-state index contributed by atoms with van der Waals surface area (Å²) < 4.78 is 70.3. The molecular formula is C22H26F3N3O6S. The fraction of sp³-hybridized carbons (Fsp3) is 0.364. The predicted molar refractivity (Wildman–Crippen MR) is 119 cm³/mol. The zero-order chi connectivity index (χ0) is 26.2. The Labute approximate surface area is 200 Å². The average molecular weight is 518 g/mol. The van der Waals surface area contributed by atoms with Crippen molar-refractivity contribution in [3.8, 4) is 5.75 Å². The van der Waals surface area contributed by atoms with Crippen LogP contribution in [-0.4, -0.2) is 49.4 Å². The van der Waals surface area contributed by atoms with Crippen molar-refractivity contribution in [2.24, 2.45) is 5.92 Å². The van der Waals surface area contributed by atoms with E-state index in [0.717, 1.165) is 16.4 Å². The Hall–Kier alpha value is -3.16. The smallest absolute Gasteiger partial charge is 0.416 e. The number of nitrogens with zero attached hydrogens (tertiary/aromatic N) is 1. The van der Waals surface area contributed by atoms with Crippen molar-refractivity contribution in [2.45, 2.75) is 31.5 Å². The lowest BCUT2D eigenvalue weighted by molar-refractivity contribution is -0.137. The van der Waals surface area contributed by atoms with Crippen LogP contribution < -0.4 is 15.5 Å². The first-order valence-corrected chi connectivity index (χ1v) is 11.9. The molecule has 0 fully saturated rings. The minimum Gasteiger partial charge on any atom is -0.484 e. The van der Waals surface area contributed by atoms with Gasteiger partial charge in [-0.25, -0.2) is 13.9 Å². The number of hydrogen-bond acceptors (Lipinski definition) is 6. The highest BCUT2D eigenvalue weighted by molar-refractivity contribution is 7.89. The lowest BCUT2D eigenvalue weighted by atomic mass is 10.1. The van der Waals surface area contributed by atoms with Gasteiger partial charge >= 0.3 is 6.18 Å². The summed E-state index contributed by atoms with van der Waals surface area (Å²) in [5.74, 6) is -1.38. The number of hydroxylamine groups is 1. The van der Waals surface area contributed by atoms with Crippen LogP contribution in [0.3, 0.4) is 0 Å². The molecule has 2 aromatic rings. The van der Waals surface area contributed by atoms with Gasteiger partial charge in [0.15, 0.2) is 6.61 Å². The van der Waals surface area contributed by atoms with E-state index in [1.54, 1.807) is 13.8 Å². The van der Waals surface area contributed by atoms with E-state index in [0.29, 0.717) is 0 Å². The monoisotopic (exact) mass is 517 g/mol. The Morgan fingerprint density at radius 1 is 1.09 bits per heavy atom. The summed E-state index contributed by atoms with van der Waals surface area (Å²) in [6.45, 7) is 2.45. The van der Waals surface area contributed by atoms with Gasteiger partial charge in [0.1, 0.15) is 5.75 Å². The molecule has 0 spiro atoms. The molecular weight excluding hydrogens is 491 g/mol. The summed E-state index contributed by atoms with van der Waals surface area (Å²) in [4.78, 5) is 23.4. The maximum absolute atomic E-state index is 12.9. The number of amides is 2. The van der Waals surface area contributed by atoms with Crippen molar-refractivity contribution in [3.63, 3.8) is 0 Å². The molecule has 0 aromatic heterocycles. The van der Waals surface area contributed by atoms with E-state index in [1.165, 1.54) is 41.9 Å². The molecule has 0 atom stereocenters. The van der Waals surface area contributed by atoms with Crippen LogP contribution in [0.15, 0.2) is 53.4 Å². The second kappa shape index (κ2) is 12.0. The molecule has 3 N–H and O–H groups in total. The Morgan fingerprint density at radius 3 is 2.31 bits per heavy atom. The second-order valence-corrected chi connectivity index (χ2v) is 9.90. The average Bonchev–Trinajstić information content (AvgIpc) is 2.80. The molecule has 192 valence electrons. The number of ether oxygens (including phenoxy) is 1. The van der Waals surface area contributed by atoms with Gasteiger partial charge in [0.05, 0.1) is 17.0 Å². The maximum Gasteiger partial charge on any atom is 0.416 e. The van der Waals surface area contributed by atoms with Crippen LogP contribution in [-0.2, 0) is 32.3 Å². The van der Waals surface area contributed by atoms with Crippen LogP contribution in [0.4, 0.5) is 13.2 Å². The maximum atomic E-state index is 12.9. The van der Waals surface area contributed by atoms with Crippen LogP contribution in [0.1, 0.15) is 25.0 Å².